The Morgan fingerprint density at radius 2 is 1.55 bits per heavy atom. The van der Waals surface area contributed by atoms with Crippen LogP contribution in [-0.4, -0.2) is 0 Å². The number of para-hydroxylation sites is 1. The number of halogens is 1. The first kappa shape index (κ1) is 20.9. The summed E-state index contributed by atoms with van der Waals surface area (Å²) in [6.07, 6.45) is 1.47. The number of hydrogen-bond donors (Lipinski definition) is 0. The van der Waals surface area contributed by atoms with Crippen LogP contribution in [0.2, 0.25) is 5.02 Å². The van der Waals surface area contributed by atoms with Crippen LogP contribution in [0, 0.1) is 0 Å². The minimum absolute atomic E-state index is 0.101. The van der Waals surface area contributed by atoms with E-state index in [0.717, 1.165) is 22.6 Å². The smallest absolute Gasteiger partial charge is 0.200 e. The molecule has 0 atom stereocenters. The molecule has 0 aliphatic rings. The molecular weight excluding hydrogens is 436 g/mol. The van der Waals surface area contributed by atoms with Crippen LogP contribution in [0.3, 0.4) is 0 Å². The van der Waals surface area contributed by atoms with E-state index in [2.05, 4.69) is 0 Å². The molecular formula is C28H19ClO4. The van der Waals surface area contributed by atoms with Gasteiger partial charge < -0.3 is 13.9 Å². The predicted molar refractivity (Wildman–Crippen MR) is 130 cm³/mol. The third-order valence-electron chi connectivity index (χ3n) is 5.18. The minimum Gasteiger partial charge on any atom is -0.489 e. The second-order valence-electron chi connectivity index (χ2n) is 7.49. The van der Waals surface area contributed by atoms with Gasteiger partial charge in [0.15, 0.2) is 5.43 Å². The topological polar surface area (TPSA) is 48.7 Å². The fraction of sp³-hybridized carbons (Fsp3) is 0.0357. The number of hydrogen-bond acceptors (Lipinski definition) is 4. The molecule has 0 fully saturated rings. The van der Waals surface area contributed by atoms with E-state index in [0.29, 0.717) is 33.9 Å². The zero-order valence-electron chi connectivity index (χ0n) is 17.5. The van der Waals surface area contributed by atoms with Crippen molar-refractivity contribution in [2.75, 3.05) is 0 Å². The molecule has 0 spiro atoms. The highest BCUT2D eigenvalue weighted by Gasteiger charge is 2.10. The Morgan fingerprint density at radius 3 is 2.36 bits per heavy atom. The molecule has 1 aromatic heterocycles. The van der Waals surface area contributed by atoms with E-state index in [1.165, 1.54) is 6.26 Å². The van der Waals surface area contributed by atoms with Gasteiger partial charge in [-0.15, -0.1) is 0 Å². The molecule has 4 nitrogen and oxygen atoms in total. The summed E-state index contributed by atoms with van der Waals surface area (Å²) < 4.78 is 17.6. The Balaban J connectivity index is 1.33. The van der Waals surface area contributed by atoms with Crippen LogP contribution in [0.5, 0.6) is 17.2 Å². The van der Waals surface area contributed by atoms with E-state index in [9.17, 15) is 4.79 Å². The first-order valence-corrected chi connectivity index (χ1v) is 10.8. The molecule has 5 aromatic rings. The van der Waals surface area contributed by atoms with Gasteiger partial charge in [0, 0.05) is 11.1 Å². The molecule has 0 saturated carbocycles. The fourth-order valence-corrected chi connectivity index (χ4v) is 3.64. The third-order valence-corrected chi connectivity index (χ3v) is 5.44. The molecule has 0 radical (unpaired) electrons. The molecule has 5 heteroatoms. The van der Waals surface area contributed by atoms with Crippen molar-refractivity contribution in [1.82, 2.24) is 0 Å². The standard InChI is InChI=1S/C28H19ClO4/c29-21-11-9-20(10-12-21)26-18-32-27-16-23(13-14-25(27)28(26)30)31-17-19-5-4-8-24(15-19)33-22-6-2-1-3-7-22/h1-16,18H,17H2. The summed E-state index contributed by atoms with van der Waals surface area (Å²) in [5.41, 5.74) is 2.58. The maximum Gasteiger partial charge on any atom is 0.200 e. The zero-order valence-corrected chi connectivity index (χ0v) is 18.3. The maximum atomic E-state index is 12.9. The quantitative estimate of drug-likeness (QED) is 0.267. The highest BCUT2D eigenvalue weighted by atomic mass is 35.5. The predicted octanol–water partition coefficient (Wildman–Crippen LogP) is 7.48. The lowest BCUT2D eigenvalue weighted by atomic mass is 10.1. The lowest BCUT2D eigenvalue weighted by Crippen LogP contribution is -2.05. The molecule has 0 aliphatic heterocycles. The first-order valence-electron chi connectivity index (χ1n) is 10.4. The summed E-state index contributed by atoms with van der Waals surface area (Å²) in [5.74, 6) is 2.12. The molecule has 0 unspecified atom stereocenters. The van der Waals surface area contributed by atoms with Crippen molar-refractivity contribution in [2.45, 2.75) is 6.61 Å². The second kappa shape index (κ2) is 9.23. The molecule has 0 N–H and O–H groups in total. The average Bonchev–Trinajstić information content (AvgIpc) is 2.85. The average molecular weight is 455 g/mol. The SMILES string of the molecule is O=c1c(-c2ccc(Cl)cc2)coc2cc(OCc3cccc(Oc4ccccc4)c3)ccc12. The monoisotopic (exact) mass is 454 g/mol. The highest BCUT2D eigenvalue weighted by molar-refractivity contribution is 6.30. The summed E-state index contributed by atoms with van der Waals surface area (Å²) in [7, 11) is 0. The van der Waals surface area contributed by atoms with Crippen molar-refractivity contribution in [1.29, 1.82) is 0 Å². The van der Waals surface area contributed by atoms with Gasteiger partial charge in [-0.3, -0.25) is 4.79 Å². The van der Waals surface area contributed by atoms with E-state index in [-0.39, 0.29) is 5.43 Å². The molecule has 33 heavy (non-hydrogen) atoms. The summed E-state index contributed by atoms with van der Waals surface area (Å²) in [4.78, 5) is 12.9. The van der Waals surface area contributed by atoms with Crippen LogP contribution in [0.1, 0.15) is 5.56 Å². The molecule has 4 aromatic carbocycles. The molecule has 1 heterocycles. The fourth-order valence-electron chi connectivity index (χ4n) is 3.52. The van der Waals surface area contributed by atoms with E-state index < -0.39 is 0 Å². The third kappa shape index (κ3) is 4.76. The van der Waals surface area contributed by atoms with Gasteiger partial charge in [-0.1, -0.05) is 54.1 Å². The lowest BCUT2D eigenvalue weighted by Gasteiger charge is -2.10. The number of ether oxygens (including phenoxy) is 2. The Kier molecular flexibility index (Phi) is 5.83. The van der Waals surface area contributed by atoms with Gasteiger partial charge in [0.25, 0.3) is 0 Å². The van der Waals surface area contributed by atoms with Crippen molar-refractivity contribution in [3.05, 3.63) is 124 Å². The summed E-state index contributed by atoms with van der Waals surface area (Å²) in [6, 6.07) is 29.7. The molecule has 0 amide bonds. The maximum absolute atomic E-state index is 12.9. The van der Waals surface area contributed by atoms with Gasteiger partial charge in [0.05, 0.1) is 10.9 Å². The Hall–Kier alpha value is -4.02. The minimum atomic E-state index is -0.101. The van der Waals surface area contributed by atoms with Gasteiger partial charge >= 0.3 is 0 Å². The first-order chi connectivity index (χ1) is 16.2. The van der Waals surface area contributed by atoms with Crippen molar-refractivity contribution in [3.63, 3.8) is 0 Å². The van der Waals surface area contributed by atoms with Crippen molar-refractivity contribution >= 4 is 22.6 Å². The van der Waals surface area contributed by atoms with Crippen molar-refractivity contribution < 1.29 is 13.9 Å². The number of fused-ring (bicyclic) bond motifs is 1. The van der Waals surface area contributed by atoms with Gasteiger partial charge in [-0.25, -0.2) is 0 Å². The number of benzene rings is 4. The van der Waals surface area contributed by atoms with Gasteiger partial charge in [-0.05, 0) is 59.7 Å². The van der Waals surface area contributed by atoms with E-state index in [4.69, 9.17) is 25.5 Å². The molecule has 0 saturated heterocycles. The zero-order chi connectivity index (χ0) is 22.6. The van der Waals surface area contributed by atoms with E-state index >= 15 is 0 Å². The van der Waals surface area contributed by atoms with Gasteiger partial charge in [0.1, 0.15) is 35.7 Å². The Morgan fingerprint density at radius 1 is 0.758 bits per heavy atom. The van der Waals surface area contributed by atoms with E-state index in [1.807, 2.05) is 54.6 Å². The van der Waals surface area contributed by atoms with Crippen LogP contribution in [-0.2, 0) is 6.61 Å². The Labute approximate surface area is 195 Å². The van der Waals surface area contributed by atoms with Crippen LogP contribution in [0.15, 0.2) is 113 Å². The normalized spacial score (nSPS) is 10.8. The highest BCUT2D eigenvalue weighted by Crippen LogP contribution is 2.26. The largest absolute Gasteiger partial charge is 0.489 e. The van der Waals surface area contributed by atoms with Crippen molar-refractivity contribution in [2.24, 2.45) is 0 Å². The van der Waals surface area contributed by atoms with Gasteiger partial charge in [-0.2, -0.15) is 0 Å². The molecule has 5 rings (SSSR count). The lowest BCUT2D eigenvalue weighted by molar-refractivity contribution is 0.305. The van der Waals surface area contributed by atoms with Crippen LogP contribution < -0.4 is 14.9 Å². The van der Waals surface area contributed by atoms with E-state index in [1.54, 1.807) is 42.5 Å². The van der Waals surface area contributed by atoms with Crippen LogP contribution in [0.4, 0.5) is 0 Å². The summed E-state index contributed by atoms with van der Waals surface area (Å²) >= 11 is 5.95. The molecule has 162 valence electrons. The number of rotatable bonds is 6. The summed E-state index contributed by atoms with van der Waals surface area (Å²) in [6.45, 7) is 0.352. The summed E-state index contributed by atoms with van der Waals surface area (Å²) in [5, 5.41) is 1.11. The molecule has 0 bridgehead atoms. The van der Waals surface area contributed by atoms with Crippen LogP contribution >= 0.6 is 11.6 Å². The second-order valence-corrected chi connectivity index (χ2v) is 7.93. The van der Waals surface area contributed by atoms with Crippen molar-refractivity contribution in [3.8, 4) is 28.4 Å². The molecule has 0 aliphatic carbocycles. The Bertz CT molecular complexity index is 1460. The van der Waals surface area contributed by atoms with Gasteiger partial charge in [0.2, 0.25) is 0 Å². The van der Waals surface area contributed by atoms with Crippen LogP contribution in [0.25, 0.3) is 22.1 Å².